The number of nitrogens with zero attached hydrogens (tertiary/aromatic N) is 16. The highest BCUT2D eigenvalue weighted by Gasteiger charge is 2.16. The summed E-state index contributed by atoms with van der Waals surface area (Å²) >= 11 is 11.6. The molecule has 0 atom stereocenters. The Hall–Kier alpha value is -11.5. The average Bonchev–Trinajstić information content (AvgIpc) is 4.51. The molecule has 0 unspecified atom stereocenters. The van der Waals surface area contributed by atoms with Gasteiger partial charge in [-0.2, -0.15) is 38.7 Å². The molecule has 8 aromatic heterocycles. The minimum absolute atomic E-state index is 0.0505. The molecule has 12 N–H and O–H groups in total. The van der Waals surface area contributed by atoms with Gasteiger partial charge in [-0.15, -0.1) is 20.4 Å². The molecule has 31 heteroatoms. The zero-order valence-electron chi connectivity index (χ0n) is 44.3. The zero-order valence-corrected chi connectivity index (χ0v) is 45.8. The maximum atomic E-state index is 13.9. The predicted molar refractivity (Wildman–Crippen MR) is 314 cm³/mol. The van der Waals surface area contributed by atoms with Crippen molar-refractivity contribution >= 4 is 93.5 Å². The minimum atomic E-state index is -0.747. The normalized spacial score (nSPS) is 10.5. The SMILES string of the molecule is COc1ccc(Nc2nc(N)n(-c3ccccn3)n2)c(F)c1.Cc1cc(Cl)ccc1Nc1nc(N)n(-c2ccccn2)n1.Nc1nc(Nc2ccc(Cl)cc2F)nn1-c1ccccn1.Nc1nc(Nc2ccc(F)cc2F)nn1-c1ccccn1. The van der Waals surface area contributed by atoms with Crippen LogP contribution in [0.25, 0.3) is 23.3 Å². The van der Waals surface area contributed by atoms with Gasteiger partial charge in [0.1, 0.15) is 29.0 Å². The smallest absolute Gasteiger partial charge is 0.248 e. The molecule has 8 heterocycles. The molecular formula is C54H46Cl2F4N24O. The second-order valence-electron chi connectivity index (χ2n) is 17.1. The van der Waals surface area contributed by atoms with Crippen LogP contribution in [0.1, 0.15) is 5.56 Å². The Bertz CT molecular complexity index is 3860. The Morgan fingerprint density at radius 3 is 1.06 bits per heavy atom. The third-order valence-electron chi connectivity index (χ3n) is 11.2. The van der Waals surface area contributed by atoms with Crippen LogP contribution in [-0.2, 0) is 0 Å². The molecule has 0 aliphatic heterocycles. The van der Waals surface area contributed by atoms with Crippen molar-refractivity contribution in [1.29, 1.82) is 0 Å². The third-order valence-corrected chi connectivity index (χ3v) is 11.7. The molecule has 4 aromatic carbocycles. The van der Waals surface area contributed by atoms with Crippen LogP contribution in [0.3, 0.4) is 0 Å². The maximum Gasteiger partial charge on any atom is 0.248 e. The molecule has 12 aromatic rings. The quantitative estimate of drug-likeness (QED) is 0.0497. The van der Waals surface area contributed by atoms with Crippen molar-refractivity contribution in [2.45, 2.75) is 6.92 Å². The molecule has 85 heavy (non-hydrogen) atoms. The van der Waals surface area contributed by atoms with E-state index in [0.717, 1.165) is 23.4 Å². The van der Waals surface area contributed by atoms with Gasteiger partial charge in [-0.25, -0.2) is 37.5 Å². The fourth-order valence-corrected chi connectivity index (χ4v) is 7.64. The van der Waals surface area contributed by atoms with Crippen LogP contribution in [0, 0.1) is 30.2 Å². The van der Waals surface area contributed by atoms with E-state index >= 15 is 0 Å². The number of aromatic nitrogens is 16. The van der Waals surface area contributed by atoms with Crippen LogP contribution >= 0.6 is 23.2 Å². The third kappa shape index (κ3) is 15.1. The standard InChI is InChI=1S/C14H13ClN6.C14H13FN6O.C13H10ClFN6.C13H10F2N6/c1-9-8-10(15)5-6-11(9)18-14-19-13(16)21(20-14)12-4-2-3-7-17-12;1-22-9-5-6-11(10(15)8-9)18-14-19-13(16)21(20-14)12-4-2-3-7-17-12;2*14-8-4-5-10(9(15)7-8)18-13-19-12(16)21(20-13)11-3-1-2-6-17-11/h2-8H,1H3,(H3,16,18,19,20);2-8H,1H3,(H3,16,18,19,20);2*1-7H,(H3,16,18,19,20). The van der Waals surface area contributed by atoms with Gasteiger partial charge in [0.25, 0.3) is 0 Å². The van der Waals surface area contributed by atoms with Gasteiger partial charge < -0.3 is 48.9 Å². The summed E-state index contributed by atoms with van der Waals surface area (Å²) in [6, 6.07) is 38.7. The Morgan fingerprint density at radius 2 is 0.729 bits per heavy atom. The molecule has 0 bridgehead atoms. The van der Waals surface area contributed by atoms with Crippen LogP contribution in [0.5, 0.6) is 5.75 Å². The van der Waals surface area contributed by atoms with Gasteiger partial charge in [-0.05, 0) is 122 Å². The molecule has 0 fully saturated rings. The molecule has 0 saturated heterocycles. The summed E-state index contributed by atoms with van der Waals surface area (Å²) in [6.45, 7) is 1.95. The number of methoxy groups -OCH3 is 1. The second-order valence-corrected chi connectivity index (χ2v) is 18.0. The van der Waals surface area contributed by atoms with Gasteiger partial charge in [0, 0.05) is 52.7 Å². The monoisotopic (exact) mass is 1190 g/mol. The number of pyridine rings is 4. The summed E-state index contributed by atoms with van der Waals surface area (Å²) in [5, 5.41) is 29.0. The fraction of sp³-hybridized carbons (Fsp3) is 0.0370. The fourth-order valence-electron chi connectivity index (χ4n) is 7.25. The number of nitrogens with one attached hydrogen (secondary N) is 4. The van der Waals surface area contributed by atoms with Crippen molar-refractivity contribution in [2.24, 2.45) is 0 Å². The summed E-state index contributed by atoms with van der Waals surface area (Å²) < 4.78 is 64.5. The number of anilines is 12. The number of benzene rings is 4. The Kier molecular flexibility index (Phi) is 18.4. The Morgan fingerprint density at radius 1 is 0.400 bits per heavy atom. The highest BCUT2D eigenvalue weighted by Crippen LogP contribution is 2.27. The first-order chi connectivity index (χ1) is 41.1. The van der Waals surface area contributed by atoms with E-state index in [1.807, 2.05) is 37.3 Å². The summed E-state index contributed by atoms with van der Waals surface area (Å²) in [7, 11) is 1.47. The first-order valence-electron chi connectivity index (χ1n) is 24.7. The number of hydrogen-bond acceptors (Lipinski definition) is 21. The highest BCUT2D eigenvalue weighted by atomic mass is 35.5. The number of nitrogens with two attached hydrogens (primary N) is 4. The molecule has 12 rings (SSSR count). The minimum Gasteiger partial charge on any atom is -0.497 e. The lowest BCUT2D eigenvalue weighted by Gasteiger charge is -2.05. The molecule has 0 amide bonds. The number of rotatable bonds is 13. The first-order valence-corrected chi connectivity index (χ1v) is 25.5. The molecule has 0 radical (unpaired) electrons. The molecule has 0 saturated carbocycles. The molecule has 0 aliphatic rings. The van der Waals surface area contributed by atoms with E-state index in [4.69, 9.17) is 50.9 Å². The lowest BCUT2D eigenvalue weighted by atomic mass is 10.2. The number of aryl methyl sites for hydroxylation is 1. The van der Waals surface area contributed by atoms with Gasteiger partial charge in [-0.3, -0.25) is 0 Å². The van der Waals surface area contributed by atoms with E-state index in [-0.39, 0.29) is 58.7 Å². The van der Waals surface area contributed by atoms with Gasteiger partial charge in [0.2, 0.25) is 47.6 Å². The van der Waals surface area contributed by atoms with Crippen LogP contribution in [0.4, 0.5) is 87.9 Å². The predicted octanol–water partition coefficient (Wildman–Crippen LogP) is 10.1. The number of nitrogen functional groups attached to an aromatic ring is 4. The molecule has 430 valence electrons. The molecule has 0 spiro atoms. The van der Waals surface area contributed by atoms with E-state index in [1.165, 1.54) is 56.2 Å². The average molecular weight is 1190 g/mol. The van der Waals surface area contributed by atoms with Crippen molar-refractivity contribution in [2.75, 3.05) is 51.3 Å². The lowest BCUT2D eigenvalue weighted by Crippen LogP contribution is -2.04. The summed E-state index contributed by atoms with van der Waals surface area (Å²) in [5.74, 6) is 1.66. The van der Waals surface area contributed by atoms with Gasteiger partial charge >= 0.3 is 0 Å². The van der Waals surface area contributed by atoms with E-state index in [9.17, 15) is 17.6 Å². The van der Waals surface area contributed by atoms with E-state index < -0.39 is 23.3 Å². The molecule has 25 nitrogen and oxygen atoms in total. The maximum absolute atomic E-state index is 13.9. The molecular weight excluding hydrogens is 1150 g/mol. The second kappa shape index (κ2) is 26.9. The number of ether oxygens (including phenoxy) is 1. The first kappa shape index (κ1) is 58.2. The summed E-state index contributed by atoms with van der Waals surface area (Å²) in [5.41, 5.74) is 25.6. The van der Waals surface area contributed by atoms with Crippen molar-refractivity contribution < 1.29 is 22.3 Å². The largest absolute Gasteiger partial charge is 0.497 e. The van der Waals surface area contributed by atoms with Crippen molar-refractivity contribution in [3.8, 4) is 29.0 Å². The van der Waals surface area contributed by atoms with E-state index in [1.54, 1.807) is 97.6 Å². The molecule has 0 aliphatic carbocycles. The van der Waals surface area contributed by atoms with Crippen LogP contribution in [0.2, 0.25) is 10.0 Å². The zero-order chi connectivity index (χ0) is 60.0. The van der Waals surface area contributed by atoms with Gasteiger partial charge in [0.15, 0.2) is 23.3 Å². The highest BCUT2D eigenvalue weighted by molar-refractivity contribution is 6.31. The Balaban J connectivity index is 0.000000136. The van der Waals surface area contributed by atoms with Gasteiger partial charge in [-0.1, -0.05) is 47.5 Å². The summed E-state index contributed by atoms with van der Waals surface area (Å²) in [4.78, 5) is 32.8. The summed E-state index contributed by atoms with van der Waals surface area (Å²) in [6.07, 6.45) is 6.49. The number of halogens is 6. The van der Waals surface area contributed by atoms with E-state index in [0.29, 0.717) is 45.0 Å². The van der Waals surface area contributed by atoms with Crippen molar-refractivity contribution in [3.05, 3.63) is 209 Å². The van der Waals surface area contributed by atoms with E-state index in [2.05, 4.69) is 81.5 Å². The van der Waals surface area contributed by atoms with Crippen LogP contribution < -0.4 is 48.9 Å². The van der Waals surface area contributed by atoms with Gasteiger partial charge in [0.05, 0.1) is 24.2 Å². The Labute approximate surface area is 489 Å². The van der Waals surface area contributed by atoms with Crippen LogP contribution in [-0.4, -0.2) is 86.1 Å². The van der Waals surface area contributed by atoms with Crippen LogP contribution in [0.15, 0.2) is 170 Å². The lowest BCUT2D eigenvalue weighted by molar-refractivity contribution is 0.411. The topological polar surface area (TPSA) is 336 Å². The number of hydrogen-bond donors (Lipinski definition) is 8. The van der Waals surface area contributed by atoms with Crippen molar-refractivity contribution in [3.63, 3.8) is 0 Å². The van der Waals surface area contributed by atoms with Crippen molar-refractivity contribution in [1.82, 2.24) is 79.0 Å².